The maximum absolute atomic E-state index is 11.7. The summed E-state index contributed by atoms with van der Waals surface area (Å²) >= 11 is 0. The van der Waals surface area contributed by atoms with E-state index in [0.29, 0.717) is 0 Å². The molecule has 0 aliphatic carbocycles. The first-order valence-electron chi connectivity index (χ1n) is 5.74. The van der Waals surface area contributed by atoms with Crippen LogP contribution in [0.5, 0.6) is 0 Å². The average molecular weight is 245 g/mol. The summed E-state index contributed by atoms with van der Waals surface area (Å²) in [7, 11) is 1.44. The number of amides is 1. The van der Waals surface area contributed by atoms with Gasteiger partial charge in [-0.25, -0.2) is 4.79 Å². The minimum absolute atomic E-state index is 0.0161. The van der Waals surface area contributed by atoms with Crippen molar-refractivity contribution in [1.82, 2.24) is 4.90 Å². The molecule has 0 heterocycles. The number of nitrogens with zero attached hydrogens (tertiary/aromatic N) is 1. The number of carboxylic acids is 1. The summed E-state index contributed by atoms with van der Waals surface area (Å²) in [6, 6.07) is -0.193. The highest BCUT2D eigenvalue weighted by Crippen LogP contribution is 2.28. The lowest BCUT2D eigenvalue weighted by molar-refractivity contribution is -0.170. The fraction of sp³-hybridized carbons (Fsp3) is 0.833. The highest BCUT2D eigenvalue weighted by molar-refractivity contribution is 5.86. The van der Waals surface area contributed by atoms with Crippen LogP contribution in [0.2, 0.25) is 0 Å². The second-order valence-corrected chi connectivity index (χ2v) is 4.80. The van der Waals surface area contributed by atoms with Crippen molar-refractivity contribution in [2.24, 2.45) is 5.92 Å². The van der Waals surface area contributed by atoms with Crippen LogP contribution in [0, 0.1) is 5.92 Å². The number of carbonyl (C=O) groups is 2. The lowest BCUT2D eigenvalue weighted by Gasteiger charge is -2.45. The summed E-state index contributed by atoms with van der Waals surface area (Å²) in [6.45, 7) is 8.54. The molecule has 1 unspecified atom stereocenters. The molecule has 0 saturated carbocycles. The smallest absolute Gasteiger partial charge is 0.332 e. The van der Waals surface area contributed by atoms with Gasteiger partial charge in [-0.3, -0.25) is 4.79 Å². The highest BCUT2D eigenvalue weighted by atomic mass is 16.5. The number of hydrogen-bond acceptors (Lipinski definition) is 3. The van der Waals surface area contributed by atoms with Gasteiger partial charge >= 0.3 is 5.97 Å². The number of methoxy groups -OCH3 is 1. The van der Waals surface area contributed by atoms with E-state index in [9.17, 15) is 14.7 Å². The first-order valence-corrected chi connectivity index (χ1v) is 5.74. The van der Waals surface area contributed by atoms with Crippen molar-refractivity contribution in [3.63, 3.8) is 0 Å². The maximum atomic E-state index is 11.7. The predicted octanol–water partition coefficient (Wildman–Crippen LogP) is 1.37. The van der Waals surface area contributed by atoms with E-state index in [1.165, 1.54) is 18.9 Å². The van der Waals surface area contributed by atoms with Crippen molar-refractivity contribution in [2.75, 3.05) is 13.7 Å². The van der Waals surface area contributed by atoms with Gasteiger partial charge in [0.15, 0.2) is 5.54 Å². The van der Waals surface area contributed by atoms with Gasteiger partial charge in [-0.15, -0.1) is 0 Å². The van der Waals surface area contributed by atoms with Crippen molar-refractivity contribution in [3.05, 3.63) is 0 Å². The predicted molar refractivity (Wildman–Crippen MR) is 64.7 cm³/mol. The summed E-state index contributed by atoms with van der Waals surface area (Å²) in [5.41, 5.74) is -1.31. The van der Waals surface area contributed by atoms with Gasteiger partial charge in [0.1, 0.15) is 0 Å². The van der Waals surface area contributed by atoms with E-state index in [4.69, 9.17) is 4.74 Å². The molecule has 5 heteroatoms. The van der Waals surface area contributed by atoms with Gasteiger partial charge in [0.2, 0.25) is 5.91 Å². The van der Waals surface area contributed by atoms with Crippen LogP contribution >= 0.6 is 0 Å². The zero-order chi connectivity index (χ0) is 13.8. The second kappa shape index (κ2) is 6.00. The largest absolute Gasteiger partial charge is 0.479 e. The lowest BCUT2D eigenvalue weighted by Crippen LogP contribution is -2.64. The van der Waals surface area contributed by atoms with Gasteiger partial charge in [0.25, 0.3) is 0 Å². The average Bonchev–Trinajstić information content (AvgIpc) is 2.14. The van der Waals surface area contributed by atoms with Crippen LogP contribution in [-0.2, 0) is 14.3 Å². The molecule has 100 valence electrons. The molecule has 0 rings (SSSR count). The third kappa shape index (κ3) is 2.97. The first-order chi connectivity index (χ1) is 7.71. The zero-order valence-electron chi connectivity index (χ0n) is 11.5. The Morgan fingerprint density at radius 1 is 1.29 bits per heavy atom. The van der Waals surface area contributed by atoms with Crippen LogP contribution in [0.1, 0.15) is 34.6 Å². The van der Waals surface area contributed by atoms with Crippen LogP contribution in [-0.4, -0.2) is 47.2 Å². The molecule has 0 aliphatic rings. The Morgan fingerprint density at radius 2 is 1.76 bits per heavy atom. The molecular formula is C12H23NO4. The Kier molecular flexibility index (Phi) is 5.61. The summed E-state index contributed by atoms with van der Waals surface area (Å²) in [5.74, 6) is -1.53. The molecule has 17 heavy (non-hydrogen) atoms. The lowest BCUT2D eigenvalue weighted by atomic mass is 9.84. The second-order valence-electron chi connectivity index (χ2n) is 4.80. The molecule has 0 radical (unpaired) electrons. The van der Waals surface area contributed by atoms with Crippen molar-refractivity contribution in [2.45, 2.75) is 46.2 Å². The molecule has 0 aromatic heterocycles. The molecule has 5 nitrogen and oxygen atoms in total. The van der Waals surface area contributed by atoms with Crippen LogP contribution in [0.15, 0.2) is 0 Å². The van der Waals surface area contributed by atoms with Gasteiger partial charge in [-0.1, -0.05) is 13.8 Å². The van der Waals surface area contributed by atoms with E-state index >= 15 is 0 Å². The van der Waals surface area contributed by atoms with Crippen LogP contribution in [0.3, 0.4) is 0 Å². The molecule has 0 fully saturated rings. The summed E-state index contributed by atoms with van der Waals surface area (Å²) in [4.78, 5) is 24.7. The first kappa shape index (κ1) is 15.9. The highest BCUT2D eigenvalue weighted by Gasteiger charge is 2.49. The monoisotopic (exact) mass is 245 g/mol. The number of ether oxygens (including phenoxy) is 1. The van der Waals surface area contributed by atoms with E-state index in [1.807, 2.05) is 0 Å². The van der Waals surface area contributed by atoms with Crippen LogP contribution in [0.4, 0.5) is 0 Å². The van der Waals surface area contributed by atoms with Crippen LogP contribution in [0.25, 0.3) is 0 Å². The fourth-order valence-electron chi connectivity index (χ4n) is 2.25. The Bertz CT molecular complexity index is 288. The quantitative estimate of drug-likeness (QED) is 0.767. The Balaban J connectivity index is 5.68. The van der Waals surface area contributed by atoms with Gasteiger partial charge in [0.05, 0.1) is 6.61 Å². The number of rotatable bonds is 6. The fourth-order valence-corrected chi connectivity index (χ4v) is 2.25. The summed E-state index contributed by atoms with van der Waals surface area (Å²) in [5, 5.41) is 9.52. The molecular weight excluding hydrogens is 222 g/mol. The zero-order valence-corrected chi connectivity index (χ0v) is 11.5. The molecule has 0 aliphatic heterocycles. The van der Waals surface area contributed by atoms with Crippen molar-refractivity contribution in [1.29, 1.82) is 0 Å². The number of carbonyl (C=O) groups excluding carboxylic acids is 1. The van der Waals surface area contributed by atoms with E-state index in [0.717, 1.165) is 0 Å². The number of hydrogen-bond donors (Lipinski definition) is 1. The number of carboxylic acid groups (broad SMARTS) is 1. The topological polar surface area (TPSA) is 66.8 Å². The molecule has 0 aromatic rings. The van der Waals surface area contributed by atoms with Crippen molar-refractivity contribution < 1.29 is 19.4 Å². The standard InChI is InChI=1S/C12H23NO4/c1-8(2)12(7-17-6,11(15)16)13(9(3)4)10(5)14/h8-9H,7H2,1-6H3,(H,15,16). The van der Waals surface area contributed by atoms with Gasteiger partial charge in [-0.05, 0) is 19.8 Å². The Hall–Kier alpha value is -1.10. The van der Waals surface area contributed by atoms with E-state index in [1.54, 1.807) is 27.7 Å². The van der Waals surface area contributed by atoms with E-state index in [-0.39, 0.29) is 24.5 Å². The third-order valence-corrected chi connectivity index (χ3v) is 2.98. The Morgan fingerprint density at radius 3 is 1.94 bits per heavy atom. The SMILES string of the molecule is COCC(C(=O)O)(C(C)C)N(C(C)=O)C(C)C. The molecule has 1 atom stereocenters. The maximum Gasteiger partial charge on any atom is 0.332 e. The molecule has 1 amide bonds. The third-order valence-electron chi connectivity index (χ3n) is 2.98. The van der Waals surface area contributed by atoms with Gasteiger partial charge in [0, 0.05) is 20.1 Å². The normalized spacial score (nSPS) is 14.8. The van der Waals surface area contributed by atoms with Crippen molar-refractivity contribution in [3.8, 4) is 0 Å². The molecule has 0 saturated heterocycles. The molecule has 1 N–H and O–H groups in total. The van der Waals surface area contributed by atoms with Crippen LogP contribution < -0.4 is 0 Å². The van der Waals surface area contributed by atoms with E-state index in [2.05, 4.69) is 0 Å². The summed E-state index contributed by atoms with van der Waals surface area (Å²) < 4.78 is 5.04. The van der Waals surface area contributed by atoms with Gasteiger partial charge < -0.3 is 14.7 Å². The van der Waals surface area contributed by atoms with E-state index < -0.39 is 11.5 Å². The van der Waals surface area contributed by atoms with Crippen molar-refractivity contribution >= 4 is 11.9 Å². The molecule has 0 spiro atoms. The number of aliphatic carboxylic acids is 1. The summed E-state index contributed by atoms with van der Waals surface area (Å²) in [6.07, 6.45) is 0. The Labute approximate surface area is 103 Å². The minimum Gasteiger partial charge on any atom is -0.479 e. The van der Waals surface area contributed by atoms with Gasteiger partial charge in [-0.2, -0.15) is 0 Å². The molecule has 0 bridgehead atoms. The molecule has 0 aromatic carbocycles. The minimum atomic E-state index is -1.31.